The van der Waals surface area contributed by atoms with Crippen LogP contribution in [0.4, 0.5) is 5.82 Å². The van der Waals surface area contributed by atoms with Crippen LogP contribution in [-0.2, 0) is 0 Å². The Bertz CT molecular complexity index is 513. The van der Waals surface area contributed by atoms with Crippen molar-refractivity contribution in [3.63, 3.8) is 0 Å². The van der Waals surface area contributed by atoms with Gasteiger partial charge in [0.15, 0.2) is 0 Å². The molecule has 0 radical (unpaired) electrons. The van der Waals surface area contributed by atoms with Crippen molar-refractivity contribution < 1.29 is 0 Å². The molecule has 18 heavy (non-hydrogen) atoms. The minimum atomic E-state index is 0.371. The summed E-state index contributed by atoms with van der Waals surface area (Å²) in [6.45, 7) is 3.78. The minimum absolute atomic E-state index is 0.371. The van der Waals surface area contributed by atoms with Gasteiger partial charge in [-0.2, -0.15) is 0 Å². The van der Waals surface area contributed by atoms with Gasteiger partial charge in [0.1, 0.15) is 23.1 Å². The monoisotopic (exact) mass is 263 g/mol. The molecule has 1 aromatic heterocycles. The summed E-state index contributed by atoms with van der Waals surface area (Å²) in [6, 6.07) is 2.17. The zero-order valence-electron chi connectivity index (χ0n) is 10.1. The Kier molecular flexibility index (Phi) is 2.99. The summed E-state index contributed by atoms with van der Waals surface area (Å²) >= 11 is 5.89. The largest absolute Gasteiger partial charge is 0.356 e. The average molecular weight is 264 g/mol. The maximum atomic E-state index is 5.89. The molecular formula is C12H14ClN5. The Morgan fingerprint density at radius 2 is 2.28 bits per heavy atom. The molecule has 0 amide bonds. The Balaban J connectivity index is 1.77. The summed E-state index contributed by atoms with van der Waals surface area (Å²) in [4.78, 5) is 19.3. The molecule has 0 bridgehead atoms. The van der Waals surface area contributed by atoms with Crippen molar-refractivity contribution in [3.05, 3.63) is 17.5 Å². The van der Waals surface area contributed by atoms with E-state index in [-0.39, 0.29) is 0 Å². The number of nitrogens with zero attached hydrogens (tertiary/aromatic N) is 5. The first-order valence-electron chi connectivity index (χ1n) is 6.03. The fourth-order valence-electron chi connectivity index (χ4n) is 2.46. The fourth-order valence-corrected chi connectivity index (χ4v) is 2.60. The standard InChI is InChI=1S/C12H14ClN5/c1-8-14-5-9-6-18(3-2-10(9)17-8)12-4-11(13)15-7-16-12/h4-5,7,9-10H,2-3,6H2,1H3/t9-,10-/m0/s1. The number of piperidine rings is 1. The zero-order valence-corrected chi connectivity index (χ0v) is 10.9. The molecule has 1 aromatic rings. The van der Waals surface area contributed by atoms with Crippen molar-refractivity contribution in [2.24, 2.45) is 15.9 Å². The van der Waals surface area contributed by atoms with Gasteiger partial charge in [-0.05, 0) is 13.3 Å². The Morgan fingerprint density at radius 1 is 1.39 bits per heavy atom. The van der Waals surface area contributed by atoms with Crippen LogP contribution in [0.5, 0.6) is 0 Å². The summed E-state index contributed by atoms with van der Waals surface area (Å²) < 4.78 is 0. The van der Waals surface area contributed by atoms with Crippen molar-refractivity contribution in [3.8, 4) is 0 Å². The lowest BCUT2D eigenvalue weighted by Crippen LogP contribution is -2.45. The lowest BCUT2D eigenvalue weighted by Gasteiger charge is -2.37. The van der Waals surface area contributed by atoms with E-state index in [0.29, 0.717) is 17.1 Å². The van der Waals surface area contributed by atoms with Gasteiger partial charge in [-0.15, -0.1) is 0 Å². The summed E-state index contributed by atoms with van der Waals surface area (Å²) in [7, 11) is 0. The second-order valence-corrected chi connectivity index (χ2v) is 5.01. The van der Waals surface area contributed by atoms with E-state index in [9.17, 15) is 0 Å². The molecule has 6 heteroatoms. The van der Waals surface area contributed by atoms with Crippen LogP contribution in [0.1, 0.15) is 13.3 Å². The summed E-state index contributed by atoms with van der Waals surface area (Å²) in [5.74, 6) is 2.14. The number of amidine groups is 1. The third-order valence-corrected chi connectivity index (χ3v) is 3.58. The van der Waals surface area contributed by atoms with Gasteiger partial charge in [-0.1, -0.05) is 11.6 Å². The topological polar surface area (TPSA) is 53.7 Å². The van der Waals surface area contributed by atoms with Gasteiger partial charge in [-0.3, -0.25) is 4.99 Å². The van der Waals surface area contributed by atoms with Gasteiger partial charge < -0.3 is 4.90 Å². The Morgan fingerprint density at radius 3 is 3.11 bits per heavy atom. The summed E-state index contributed by atoms with van der Waals surface area (Å²) in [5.41, 5.74) is 0. The predicted molar refractivity (Wildman–Crippen MR) is 72.8 cm³/mol. The number of aromatic nitrogens is 2. The van der Waals surface area contributed by atoms with Crippen molar-refractivity contribution in [2.75, 3.05) is 18.0 Å². The molecular weight excluding hydrogens is 250 g/mol. The quantitative estimate of drug-likeness (QED) is 0.727. The minimum Gasteiger partial charge on any atom is -0.356 e. The molecule has 0 N–H and O–H groups in total. The van der Waals surface area contributed by atoms with Gasteiger partial charge >= 0.3 is 0 Å². The van der Waals surface area contributed by atoms with Crippen LogP contribution in [0.25, 0.3) is 0 Å². The number of aliphatic imine (C=N–C) groups is 2. The van der Waals surface area contributed by atoms with Crippen LogP contribution in [0.3, 0.4) is 0 Å². The zero-order chi connectivity index (χ0) is 12.5. The molecule has 94 valence electrons. The van der Waals surface area contributed by atoms with Crippen LogP contribution >= 0.6 is 11.6 Å². The number of rotatable bonds is 1. The number of halogens is 1. The molecule has 0 spiro atoms. The normalized spacial score (nSPS) is 26.8. The van der Waals surface area contributed by atoms with E-state index in [1.54, 1.807) is 6.07 Å². The number of hydrogen-bond acceptors (Lipinski definition) is 5. The van der Waals surface area contributed by atoms with Crippen LogP contribution in [0.2, 0.25) is 5.15 Å². The summed E-state index contributed by atoms with van der Waals surface area (Å²) in [5, 5.41) is 0.480. The van der Waals surface area contributed by atoms with Crippen molar-refractivity contribution in [2.45, 2.75) is 19.4 Å². The maximum absolute atomic E-state index is 5.89. The van der Waals surface area contributed by atoms with E-state index in [2.05, 4.69) is 24.9 Å². The first-order chi connectivity index (χ1) is 8.72. The lowest BCUT2D eigenvalue weighted by atomic mass is 9.92. The maximum Gasteiger partial charge on any atom is 0.134 e. The Labute approximate surface area is 111 Å². The highest BCUT2D eigenvalue weighted by Gasteiger charge is 2.30. The molecule has 3 heterocycles. The third kappa shape index (κ3) is 2.22. The Hall–Kier alpha value is -1.49. The number of fused-ring (bicyclic) bond motifs is 1. The molecule has 3 rings (SSSR count). The molecule has 0 aliphatic carbocycles. The molecule has 2 atom stereocenters. The SMILES string of the molecule is CC1=N[C@H]2CCN(c3cc(Cl)ncn3)C[C@@H]2C=N1. The van der Waals surface area contributed by atoms with E-state index in [1.807, 2.05) is 13.1 Å². The van der Waals surface area contributed by atoms with Crippen molar-refractivity contribution in [1.82, 2.24) is 9.97 Å². The fraction of sp³-hybridized carbons (Fsp3) is 0.500. The van der Waals surface area contributed by atoms with Gasteiger partial charge in [0.2, 0.25) is 0 Å². The van der Waals surface area contributed by atoms with Gasteiger partial charge in [0, 0.05) is 31.3 Å². The van der Waals surface area contributed by atoms with Crippen LogP contribution in [0.15, 0.2) is 22.4 Å². The van der Waals surface area contributed by atoms with E-state index < -0.39 is 0 Å². The molecule has 1 fully saturated rings. The van der Waals surface area contributed by atoms with E-state index >= 15 is 0 Å². The average Bonchev–Trinajstić information content (AvgIpc) is 2.38. The number of anilines is 1. The predicted octanol–water partition coefficient (Wildman–Crippen LogP) is 1.83. The second-order valence-electron chi connectivity index (χ2n) is 4.62. The lowest BCUT2D eigenvalue weighted by molar-refractivity contribution is 0.438. The van der Waals surface area contributed by atoms with Gasteiger partial charge in [0.05, 0.1) is 6.04 Å². The highest BCUT2D eigenvalue weighted by atomic mass is 35.5. The third-order valence-electron chi connectivity index (χ3n) is 3.37. The van der Waals surface area contributed by atoms with Gasteiger partial charge in [0.25, 0.3) is 0 Å². The van der Waals surface area contributed by atoms with Crippen molar-refractivity contribution >= 4 is 29.5 Å². The van der Waals surface area contributed by atoms with E-state index in [0.717, 1.165) is 31.2 Å². The number of hydrogen-bond donors (Lipinski definition) is 0. The second kappa shape index (κ2) is 4.65. The first-order valence-corrected chi connectivity index (χ1v) is 6.41. The molecule has 0 unspecified atom stereocenters. The highest BCUT2D eigenvalue weighted by Crippen LogP contribution is 2.25. The van der Waals surface area contributed by atoms with Crippen LogP contribution in [-0.4, -0.2) is 41.1 Å². The molecule has 0 aromatic carbocycles. The molecule has 1 saturated heterocycles. The van der Waals surface area contributed by atoms with E-state index in [4.69, 9.17) is 11.6 Å². The molecule has 2 aliphatic heterocycles. The highest BCUT2D eigenvalue weighted by molar-refractivity contribution is 6.29. The van der Waals surface area contributed by atoms with Gasteiger partial charge in [-0.25, -0.2) is 15.0 Å². The van der Waals surface area contributed by atoms with E-state index in [1.165, 1.54) is 6.33 Å². The van der Waals surface area contributed by atoms with Crippen LogP contribution < -0.4 is 4.90 Å². The van der Waals surface area contributed by atoms with Crippen LogP contribution in [0, 0.1) is 5.92 Å². The molecule has 0 saturated carbocycles. The molecule has 2 aliphatic rings. The summed E-state index contributed by atoms with van der Waals surface area (Å²) in [6.07, 6.45) is 4.54. The van der Waals surface area contributed by atoms with Crippen molar-refractivity contribution in [1.29, 1.82) is 0 Å². The smallest absolute Gasteiger partial charge is 0.134 e. The molecule has 5 nitrogen and oxygen atoms in total. The first kappa shape index (κ1) is 11.6.